The molecule has 0 bridgehead atoms. The molecule has 0 aromatic heterocycles. The number of benzene rings is 1. The topological polar surface area (TPSA) is 114 Å². The second-order valence-electron chi connectivity index (χ2n) is 5.62. The van der Waals surface area contributed by atoms with Crippen molar-refractivity contribution in [1.29, 1.82) is 0 Å². The fourth-order valence-electron chi connectivity index (χ4n) is 1.45. The van der Waals surface area contributed by atoms with Crippen molar-refractivity contribution in [3.05, 3.63) is 48.0 Å². The summed E-state index contributed by atoms with van der Waals surface area (Å²) < 4.78 is 31.0. The predicted octanol–water partition coefficient (Wildman–Crippen LogP) is 0.295. The number of quaternary nitrogens is 1. The summed E-state index contributed by atoms with van der Waals surface area (Å²) in [5, 5.41) is 0. The van der Waals surface area contributed by atoms with E-state index in [2.05, 4.69) is 55.2 Å². The molecule has 0 aliphatic heterocycles. The molecule has 0 saturated carbocycles. The highest BCUT2D eigenvalue weighted by atomic mass is 32.3. The van der Waals surface area contributed by atoms with Crippen molar-refractivity contribution in [3.8, 4) is 0 Å². The fourth-order valence-corrected chi connectivity index (χ4v) is 1.45. The van der Waals surface area contributed by atoms with Gasteiger partial charge in [0.2, 0.25) is 16.3 Å². The van der Waals surface area contributed by atoms with Gasteiger partial charge < -0.3 is 15.2 Å². The van der Waals surface area contributed by atoms with Crippen LogP contribution in [-0.2, 0) is 25.8 Å². The van der Waals surface area contributed by atoms with Gasteiger partial charge in [-0.3, -0.25) is 8.98 Å². The third-order valence-corrected chi connectivity index (χ3v) is 3.27. The maximum absolute atomic E-state index is 9.82. The smallest absolute Gasteiger partial charge is 0.243 e. The number of rotatable bonds is 7. The van der Waals surface area contributed by atoms with Crippen LogP contribution < -0.4 is 10.6 Å². The van der Waals surface area contributed by atoms with E-state index in [0.29, 0.717) is 5.57 Å². The Balaban J connectivity index is 0. The fraction of sp³-hybridized carbons (Fsp3) is 0.471. The van der Waals surface area contributed by atoms with E-state index >= 15 is 0 Å². The van der Waals surface area contributed by atoms with Crippen molar-refractivity contribution in [2.75, 3.05) is 27.7 Å². The van der Waals surface area contributed by atoms with Gasteiger partial charge in [-0.05, 0) is 31.7 Å². The lowest BCUT2D eigenvalue weighted by Crippen LogP contribution is -3.05. The number of unbranched alkanes of at least 4 members (excludes halogenated alkanes) is 1. The normalized spacial score (nSPS) is 10.2. The van der Waals surface area contributed by atoms with E-state index in [1.807, 2.05) is 0 Å². The van der Waals surface area contributed by atoms with Crippen LogP contribution >= 0.6 is 0 Å². The van der Waals surface area contributed by atoms with Crippen LogP contribution in [0.5, 0.6) is 0 Å². The number of nitrogens with one attached hydrogen (secondary N) is 1. The summed E-state index contributed by atoms with van der Waals surface area (Å²) in [6, 6.07) is 10.7. The van der Waals surface area contributed by atoms with E-state index < -0.39 is 16.3 Å². The van der Waals surface area contributed by atoms with Gasteiger partial charge in [0.15, 0.2) is 0 Å². The maximum Gasteiger partial charge on any atom is 0.243 e. The van der Waals surface area contributed by atoms with Crippen molar-refractivity contribution in [1.82, 2.24) is 0 Å². The minimum atomic E-state index is -4.41. The van der Waals surface area contributed by atoms with Gasteiger partial charge in [-0.1, -0.05) is 36.9 Å². The Bertz CT molecular complexity index is 574. The molecule has 1 rings (SSSR count). The molecule has 1 aromatic rings. The molecule has 0 unspecified atom stereocenters. The molecular formula is C17H30N2O5S. The lowest BCUT2D eigenvalue weighted by Gasteiger charge is -2.06. The van der Waals surface area contributed by atoms with Crippen LogP contribution in [0.25, 0.3) is 0 Å². The van der Waals surface area contributed by atoms with Crippen LogP contribution in [0.4, 0.5) is 0 Å². The zero-order valence-corrected chi connectivity index (χ0v) is 16.3. The Kier molecular flexibility index (Phi) is 14.9. The van der Waals surface area contributed by atoms with Crippen LogP contribution in [0.2, 0.25) is 0 Å². The molecule has 0 saturated heterocycles. The van der Waals surface area contributed by atoms with Crippen LogP contribution in [0.3, 0.4) is 0 Å². The van der Waals surface area contributed by atoms with Gasteiger partial charge >= 0.3 is 0 Å². The molecule has 7 nitrogen and oxygen atoms in total. The first-order chi connectivity index (χ1) is 11.5. The number of carbonyl (C=O) groups excluding carboxylic acids is 1. The van der Waals surface area contributed by atoms with Crippen molar-refractivity contribution < 1.29 is 26.8 Å². The Hall–Kier alpha value is -1.74. The van der Waals surface area contributed by atoms with Crippen molar-refractivity contribution in [2.45, 2.75) is 26.2 Å². The molecule has 0 aliphatic rings. The summed E-state index contributed by atoms with van der Waals surface area (Å²) in [5.41, 5.74) is 6.56. The summed E-state index contributed by atoms with van der Waals surface area (Å²) in [7, 11) is 0.817. The van der Waals surface area contributed by atoms with Crippen molar-refractivity contribution in [3.63, 3.8) is 0 Å². The van der Waals surface area contributed by atoms with E-state index in [4.69, 9.17) is 5.73 Å². The number of carbonyl (C=O) groups is 1. The predicted molar refractivity (Wildman–Crippen MR) is 97.8 cm³/mol. The lowest BCUT2D eigenvalue weighted by atomic mass is 10.1. The van der Waals surface area contributed by atoms with Crippen LogP contribution in [-0.4, -0.2) is 46.6 Å². The third-order valence-electron chi connectivity index (χ3n) is 2.86. The first-order valence-electron chi connectivity index (χ1n) is 7.79. The van der Waals surface area contributed by atoms with Crippen LogP contribution in [0.1, 0.15) is 25.3 Å². The van der Waals surface area contributed by atoms with Gasteiger partial charge in [-0.15, -0.1) is 0 Å². The molecule has 0 atom stereocenters. The quantitative estimate of drug-likeness (QED) is 0.308. The second kappa shape index (κ2) is 14.6. The van der Waals surface area contributed by atoms with Crippen LogP contribution in [0, 0.1) is 0 Å². The van der Waals surface area contributed by atoms with Gasteiger partial charge in [0.1, 0.15) is 0 Å². The first-order valence-corrected chi connectivity index (χ1v) is 9.12. The highest BCUT2D eigenvalue weighted by Crippen LogP contribution is 2.03. The molecule has 3 N–H and O–H groups in total. The monoisotopic (exact) mass is 374 g/mol. The number of hydrogen-bond acceptors (Lipinski definition) is 5. The number of aryl methyl sites for hydroxylation is 1. The number of nitrogens with two attached hydrogens (primary N) is 1. The van der Waals surface area contributed by atoms with Gasteiger partial charge in [-0.25, -0.2) is 8.42 Å². The Labute approximate surface area is 151 Å². The number of hydrogen-bond donors (Lipinski definition) is 2. The molecule has 0 radical (unpaired) electrons. The lowest BCUT2D eigenvalue weighted by molar-refractivity contribution is -0.858. The Morgan fingerprint density at radius 3 is 2.00 bits per heavy atom. The summed E-state index contributed by atoms with van der Waals surface area (Å²) >= 11 is 0. The second-order valence-corrected chi connectivity index (χ2v) is 6.77. The largest absolute Gasteiger partial charge is 0.726 e. The summed E-state index contributed by atoms with van der Waals surface area (Å²) in [6.45, 7) is 6.14. The van der Waals surface area contributed by atoms with Gasteiger partial charge in [-0.2, -0.15) is 0 Å². The van der Waals surface area contributed by atoms with E-state index in [1.165, 1.54) is 31.4 Å². The van der Waals surface area contributed by atoms with E-state index in [1.54, 1.807) is 11.8 Å². The minimum Gasteiger partial charge on any atom is -0.726 e. The Morgan fingerprint density at radius 2 is 1.68 bits per heavy atom. The summed E-state index contributed by atoms with van der Waals surface area (Å²) in [4.78, 5) is 11.4. The third kappa shape index (κ3) is 22.3. The van der Waals surface area contributed by atoms with Crippen LogP contribution in [0.15, 0.2) is 42.5 Å². The standard InChI is InChI=1S/C12H19N.C4H7NO.CH4O4S/c1-13(2)11-7-6-10-12-8-4-3-5-9-12;1-3(2)4(5)6;1-5-6(2,3)4/h3-5,8-9H,6-7,10-11H2,1-2H3;1H2,2H3,(H2,5,6);1H3,(H,2,3,4). The zero-order valence-electron chi connectivity index (χ0n) is 15.4. The summed E-state index contributed by atoms with van der Waals surface area (Å²) in [5.74, 6) is -0.435. The highest BCUT2D eigenvalue weighted by Gasteiger charge is 1.95. The molecule has 0 heterocycles. The van der Waals surface area contributed by atoms with Crippen molar-refractivity contribution in [2.24, 2.45) is 5.73 Å². The molecule has 1 aromatic carbocycles. The highest BCUT2D eigenvalue weighted by molar-refractivity contribution is 7.80. The molecule has 0 fully saturated rings. The van der Waals surface area contributed by atoms with Gasteiger partial charge in [0.25, 0.3) is 0 Å². The minimum absolute atomic E-state index is 0.398. The van der Waals surface area contributed by atoms with E-state index in [-0.39, 0.29) is 0 Å². The Morgan fingerprint density at radius 1 is 1.24 bits per heavy atom. The van der Waals surface area contributed by atoms with Crippen molar-refractivity contribution >= 4 is 16.3 Å². The molecule has 25 heavy (non-hydrogen) atoms. The molecule has 0 aliphatic carbocycles. The molecule has 0 spiro atoms. The van der Waals surface area contributed by atoms with E-state index in [9.17, 15) is 17.8 Å². The number of primary amides is 1. The first kappa shape index (κ1) is 25.5. The maximum atomic E-state index is 9.82. The molecular weight excluding hydrogens is 344 g/mol. The average Bonchev–Trinajstić information content (AvgIpc) is 2.53. The summed E-state index contributed by atoms with van der Waals surface area (Å²) in [6.07, 6.45) is 3.88. The average molecular weight is 375 g/mol. The number of amides is 1. The van der Waals surface area contributed by atoms with E-state index in [0.717, 1.165) is 7.11 Å². The van der Waals surface area contributed by atoms with Gasteiger partial charge in [0, 0.05) is 5.57 Å². The van der Waals surface area contributed by atoms with Gasteiger partial charge in [0.05, 0.1) is 27.7 Å². The zero-order chi connectivity index (χ0) is 19.9. The SMILES string of the molecule is C=C(C)C(N)=O.COS(=O)(=O)[O-].C[NH+](C)CCCCc1ccccc1. The molecule has 1 amide bonds. The molecule has 144 valence electrons. The molecule has 8 heteroatoms.